The predicted octanol–water partition coefficient (Wildman–Crippen LogP) is 5.30. The van der Waals surface area contributed by atoms with E-state index < -0.39 is 0 Å². The summed E-state index contributed by atoms with van der Waals surface area (Å²) in [5.41, 5.74) is 2.50. The Morgan fingerprint density at radius 3 is 2.62 bits per heavy atom. The lowest BCUT2D eigenvalue weighted by Crippen LogP contribution is -2.19. The molecular formula is C17H16ClN3O2S. The Hall–Kier alpha value is -2.31. The van der Waals surface area contributed by atoms with Gasteiger partial charge in [0.05, 0.1) is 21.8 Å². The van der Waals surface area contributed by atoms with E-state index in [0.717, 1.165) is 21.5 Å². The van der Waals surface area contributed by atoms with Crippen molar-refractivity contribution in [1.82, 2.24) is 4.98 Å². The van der Waals surface area contributed by atoms with Gasteiger partial charge in [0.2, 0.25) is 0 Å². The Labute approximate surface area is 148 Å². The number of urea groups is 1. The number of nitrogens with zero attached hydrogens (tertiary/aromatic N) is 1. The third-order valence-corrected chi connectivity index (χ3v) is 4.77. The summed E-state index contributed by atoms with van der Waals surface area (Å²) in [6.45, 7) is 4.49. The van der Waals surface area contributed by atoms with Crippen LogP contribution in [0.25, 0.3) is 10.2 Å². The smallest absolute Gasteiger partial charge is 0.325 e. The zero-order chi connectivity index (χ0) is 17.1. The second-order valence-electron chi connectivity index (χ2n) is 5.10. The number of fused-ring (bicyclic) bond motifs is 1. The monoisotopic (exact) mass is 361 g/mol. The second-order valence-corrected chi connectivity index (χ2v) is 6.50. The van der Waals surface area contributed by atoms with E-state index >= 15 is 0 Å². The number of anilines is 2. The number of halogens is 1. The number of aromatic nitrogens is 1. The summed E-state index contributed by atoms with van der Waals surface area (Å²) < 4.78 is 6.24. The minimum atomic E-state index is -0.355. The number of benzene rings is 2. The first-order chi connectivity index (χ1) is 11.6. The number of carbonyl (C=O) groups excluding carboxylic acids is 1. The summed E-state index contributed by atoms with van der Waals surface area (Å²) in [6, 6.07) is 10.6. The van der Waals surface area contributed by atoms with Crippen LogP contribution in [0.3, 0.4) is 0 Å². The van der Waals surface area contributed by atoms with Gasteiger partial charge >= 0.3 is 6.03 Å². The highest BCUT2D eigenvalue weighted by molar-refractivity contribution is 7.23. The van der Waals surface area contributed by atoms with Crippen molar-refractivity contribution >= 4 is 50.0 Å². The van der Waals surface area contributed by atoms with Gasteiger partial charge in [-0.15, -0.1) is 0 Å². The number of thiazole rings is 1. The molecule has 5 nitrogen and oxygen atoms in total. The van der Waals surface area contributed by atoms with Crippen LogP contribution < -0.4 is 15.4 Å². The third kappa shape index (κ3) is 3.60. The molecule has 3 rings (SSSR count). The highest BCUT2D eigenvalue weighted by Crippen LogP contribution is 2.33. The molecule has 1 aromatic heterocycles. The second kappa shape index (κ2) is 7.07. The lowest BCUT2D eigenvalue weighted by Gasteiger charge is -2.07. The van der Waals surface area contributed by atoms with Gasteiger partial charge in [-0.3, -0.25) is 5.32 Å². The van der Waals surface area contributed by atoms with Crippen LogP contribution in [-0.2, 0) is 0 Å². The zero-order valence-electron chi connectivity index (χ0n) is 13.2. The molecule has 124 valence electrons. The van der Waals surface area contributed by atoms with Gasteiger partial charge in [-0.2, -0.15) is 0 Å². The number of carbonyl (C=O) groups is 1. The van der Waals surface area contributed by atoms with E-state index in [1.807, 2.05) is 26.0 Å². The first-order valence-corrected chi connectivity index (χ1v) is 8.62. The maximum absolute atomic E-state index is 12.1. The Bertz CT molecular complexity index is 838. The molecule has 3 aromatic rings. The minimum absolute atomic E-state index is 0.355. The molecule has 0 unspecified atom stereocenters. The highest BCUT2D eigenvalue weighted by atomic mass is 35.5. The molecule has 0 aliphatic rings. The Kier molecular flexibility index (Phi) is 4.87. The summed E-state index contributed by atoms with van der Waals surface area (Å²) in [4.78, 5) is 16.6. The van der Waals surface area contributed by atoms with E-state index in [-0.39, 0.29) is 6.03 Å². The van der Waals surface area contributed by atoms with E-state index in [0.29, 0.717) is 22.4 Å². The van der Waals surface area contributed by atoms with Gasteiger partial charge in [0.25, 0.3) is 0 Å². The maximum Gasteiger partial charge on any atom is 0.325 e. The maximum atomic E-state index is 12.1. The fourth-order valence-electron chi connectivity index (χ4n) is 2.22. The van der Waals surface area contributed by atoms with Crippen molar-refractivity contribution < 1.29 is 9.53 Å². The van der Waals surface area contributed by atoms with Crippen LogP contribution >= 0.6 is 22.9 Å². The van der Waals surface area contributed by atoms with Crippen molar-refractivity contribution in [3.63, 3.8) is 0 Å². The summed E-state index contributed by atoms with van der Waals surface area (Å²) in [7, 11) is 0. The number of rotatable bonds is 4. The number of nitrogens with one attached hydrogen (secondary N) is 2. The topological polar surface area (TPSA) is 63.2 Å². The van der Waals surface area contributed by atoms with E-state index in [9.17, 15) is 4.79 Å². The Morgan fingerprint density at radius 1 is 1.21 bits per heavy atom. The molecule has 0 saturated heterocycles. The highest BCUT2D eigenvalue weighted by Gasteiger charge is 2.12. The zero-order valence-corrected chi connectivity index (χ0v) is 14.8. The van der Waals surface area contributed by atoms with E-state index in [4.69, 9.17) is 16.3 Å². The van der Waals surface area contributed by atoms with Crippen LogP contribution in [-0.4, -0.2) is 17.6 Å². The number of hydrogen-bond donors (Lipinski definition) is 2. The summed E-state index contributed by atoms with van der Waals surface area (Å²) >= 11 is 7.53. The molecular weight excluding hydrogens is 346 g/mol. The van der Waals surface area contributed by atoms with Crippen molar-refractivity contribution in [2.45, 2.75) is 13.8 Å². The van der Waals surface area contributed by atoms with Gasteiger partial charge in [0.1, 0.15) is 5.75 Å². The quantitative estimate of drug-likeness (QED) is 0.662. The number of ether oxygens (including phenoxy) is 1. The van der Waals surface area contributed by atoms with E-state index in [1.165, 1.54) is 11.3 Å². The molecule has 2 N–H and O–H groups in total. The molecule has 0 saturated carbocycles. The molecule has 2 aromatic carbocycles. The number of amides is 2. The molecule has 2 amide bonds. The molecule has 1 heterocycles. The third-order valence-electron chi connectivity index (χ3n) is 3.34. The average molecular weight is 362 g/mol. The summed E-state index contributed by atoms with van der Waals surface area (Å²) in [5, 5.41) is 6.64. The van der Waals surface area contributed by atoms with E-state index in [2.05, 4.69) is 15.6 Å². The fraction of sp³-hybridized carbons (Fsp3) is 0.176. The van der Waals surface area contributed by atoms with Crippen molar-refractivity contribution in [2.24, 2.45) is 0 Å². The van der Waals surface area contributed by atoms with Crippen molar-refractivity contribution in [3.8, 4) is 5.75 Å². The van der Waals surface area contributed by atoms with Gasteiger partial charge in [-0.1, -0.05) is 29.0 Å². The van der Waals surface area contributed by atoms with Gasteiger partial charge in [-0.05, 0) is 49.7 Å². The largest absolute Gasteiger partial charge is 0.494 e. The minimum Gasteiger partial charge on any atom is -0.494 e. The number of hydrogen-bond acceptors (Lipinski definition) is 4. The Balaban J connectivity index is 1.70. The summed E-state index contributed by atoms with van der Waals surface area (Å²) in [6.07, 6.45) is 0. The van der Waals surface area contributed by atoms with Crippen molar-refractivity contribution in [3.05, 3.63) is 47.0 Å². The molecule has 0 radical (unpaired) electrons. The lowest BCUT2D eigenvalue weighted by molar-refractivity contribution is 0.262. The van der Waals surface area contributed by atoms with Crippen molar-refractivity contribution in [1.29, 1.82) is 0 Å². The van der Waals surface area contributed by atoms with Gasteiger partial charge < -0.3 is 10.1 Å². The van der Waals surface area contributed by atoms with Crippen LogP contribution in [0, 0.1) is 6.92 Å². The van der Waals surface area contributed by atoms with Crippen LogP contribution in [0.15, 0.2) is 36.4 Å². The Morgan fingerprint density at radius 2 is 1.96 bits per heavy atom. The predicted molar refractivity (Wildman–Crippen MR) is 99.6 cm³/mol. The molecule has 0 aliphatic heterocycles. The van der Waals surface area contributed by atoms with Gasteiger partial charge in [0, 0.05) is 5.69 Å². The standard InChI is InChI=1S/C17H16ClN3O2S/c1-3-23-12-7-5-11(6-8-12)19-16(22)21-17-20-14-10(2)4-9-13(18)15(14)24-17/h4-9H,3H2,1-2H3,(H2,19,20,21,22). The van der Waals surface area contributed by atoms with E-state index in [1.54, 1.807) is 24.3 Å². The molecule has 0 spiro atoms. The van der Waals surface area contributed by atoms with Crippen LogP contribution in [0.5, 0.6) is 5.75 Å². The average Bonchev–Trinajstić information content (AvgIpc) is 2.98. The van der Waals surface area contributed by atoms with Crippen LogP contribution in [0.4, 0.5) is 15.6 Å². The molecule has 7 heteroatoms. The van der Waals surface area contributed by atoms with Gasteiger partial charge in [-0.25, -0.2) is 9.78 Å². The first kappa shape index (κ1) is 16.5. The first-order valence-electron chi connectivity index (χ1n) is 7.43. The van der Waals surface area contributed by atoms with Crippen LogP contribution in [0.1, 0.15) is 12.5 Å². The molecule has 0 atom stereocenters. The molecule has 0 aliphatic carbocycles. The molecule has 0 bridgehead atoms. The molecule has 0 fully saturated rings. The van der Waals surface area contributed by atoms with Crippen molar-refractivity contribution in [2.75, 3.05) is 17.2 Å². The SMILES string of the molecule is CCOc1ccc(NC(=O)Nc2nc3c(C)ccc(Cl)c3s2)cc1. The normalized spacial score (nSPS) is 10.6. The number of aryl methyl sites for hydroxylation is 1. The summed E-state index contributed by atoms with van der Waals surface area (Å²) in [5.74, 6) is 0.764. The molecule has 24 heavy (non-hydrogen) atoms. The van der Waals surface area contributed by atoms with Gasteiger partial charge in [0.15, 0.2) is 5.13 Å². The van der Waals surface area contributed by atoms with Crippen LogP contribution in [0.2, 0.25) is 5.02 Å². The lowest BCUT2D eigenvalue weighted by atomic mass is 10.2. The fourth-order valence-corrected chi connectivity index (χ4v) is 3.43.